The molecule has 0 atom stereocenters. The maximum Gasteiger partial charge on any atom is 0.276 e. The topological polar surface area (TPSA) is 86.2 Å². The van der Waals surface area contributed by atoms with Gasteiger partial charge < -0.3 is 14.2 Å². The molecule has 0 bridgehead atoms. The van der Waals surface area contributed by atoms with E-state index in [0.29, 0.717) is 36.0 Å². The molecule has 8 heteroatoms. The Morgan fingerprint density at radius 3 is 2.25 bits per heavy atom. The Bertz CT molecular complexity index is 893. The predicted molar refractivity (Wildman–Crippen MR) is 109 cm³/mol. The minimum absolute atomic E-state index is 0.0128. The average Bonchev–Trinajstić information content (AvgIpc) is 2.64. The quantitative estimate of drug-likeness (QED) is 0.481. The number of nitrogens with one attached hydrogen (secondary N) is 1. The summed E-state index contributed by atoms with van der Waals surface area (Å²) in [6.45, 7) is 8.57. The van der Waals surface area contributed by atoms with E-state index in [1.807, 2.05) is 27.7 Å². The molecule has 28 heavy (non-hydrogen) atoms. The summed E-state index contributed by atoms with van der Waals surface area (Å²) in [4.78, 5) is 2.30. The van der Waals surface area contributed by atoms with Gasteiger partial charge >= 0.3 is 0 Å². The number of ether oxygens (including phenoxy) is 3. The molecular formula is C20H26N2O5S. The van der Waals surface area contributed by atoms with Crippen LogP contribution in [0.3, 0.4) is 0 Å². The number of hydrogen-bond acceptors (Lipinski definition) is 6. The third-order valence-electron chi connectivity index (χ3n) is 3.48. The minimum atomic E-state index is -3.79. The zero-order valence-electron chi connectivity index (χ0n) is 16.5. The second-order valence-electron chi connectivity index (χ2n) is 6.06. The van der Waals surface area contributed by atoms with E-state index >= 15 is 0 Å². The Hall–Kier alpha value is -2.74. The molecular weight excluding hydrogens is 380 g/mol. The summed E-state index contributed by atoms with van der Waals surface area (Å²) in [7, 11) is -3.79. The van der Waals surface area contributed by atoms with Crippen LogP contribution in [0.1, 0.15) is 33.3 Å². The summed E-state index contributed by atoms with van der Waals surface area (Å²) in [6.07, 6.45) is 1.41. The lowest BCUT2D eigenvalue weighted by molar-refractivity contribution is 0.242. The van der Waals surface area contributed by atoms with Crippen molar-refractivity contribution in [2.24, 2.45) is 5.10 Å². The fourth-order valence-corrected chi connectivity index (χ4v) is 3.14. The number of hydrazone groups is 1. The Morgan fingerprint density at radius 2 is 1.64 bits per heavy atom. The molecule has 0 fully saturated rings. The van der Waals surface area contributed by atoms with Crippen molar-refractivity contribution < 1.29 is 22.6 Å². The van der Waals surface area contributed by atoms with Crippen LogP contribution in [0.4, 0.5) is 0 Å². The van der Waals surface area contributed by atoms with E-state index in [2.05, 4.69) is 9.93 Å². The van der Waals surface area contributed by atoms with Gasteiger partial charge in [0.15, 0.2) is 0 Å². The molecule has 1 N–H and O–H groups in total. The van der Waals surface area contributed by atoms with Crippen molar-refractivity contribution in [3.8, 4) is 17.2 Å². The highest BCUT2D eigenvalue weighted by Crippen LogP contribution is 2.24. The van der Waals surface area contributed by atoms with Crippen LogP contribution >= 0.6 is 0 Å². The molecule has 0 aliphatic heterocycles. The highest BCUT2D eigenvalue weighted by molar-refractivity contribution is 7.89. The third kappa shape index (κ3) is 6.16. The maximum absolute atomic E-state index is 12.4. The Balaban J connectivity index is 2.12. The van der Waals surface area contributed by atoms with E-state index in [1.165, 1.54) is 18.3 Å². The van der Waals surface area contributed by atoms with Crippen LogP contribution in [0, 0.1) is 0 Å². The SMILES string of the molecule is CCOc1ccc(/C=N/NS(=O)(=O)c2ccc(OC(C)C)cc2)c(OCC)c1. The van der Waals surface area contributed by atoms with Crippen molar-refractivity contribution in [3.63, 3.8) is 0 Å². The fraction of sp³-hybridized carbons (Fsp3) is 0.350. The first kappa shape index (κ1) is 21.6. The summed E-state index contributed by atoms with van der Waals surface area (Å²) in [5.41, 5.74) is 0.633. The second kappa shape index (κ2) is 9.98. The minimum Gasteiger partial charge on any atom is -0.494 e. The molecule has 152 valence electrons. The van der Waals surface area contributed by atoms with E-state index in [4.69, 9.17) is 14.2 Å². The summed E-state index contributed by atoms with van der Waals surface area (Å²) in [6, 6.07) is 11.4. The van der Waals surface area contributed by atoms with Crippen molar-refractivity contribution in [3.05, 3.63) is 48.0 Å². The molecule has 0 spiro atoms. The Labute approximate surface area is 166 Å². The molecule has 0 amide bonds. The molecule has 0 radical (unpaired) electrons. The lowest BCUT2D eigenvalue weighted by Gasteiger charge is -2.11. The van der Waals surface area contributed by atoms with Crippen LogP contribution in [-0.4, -0.2) is 34.0 Å². The van der Waals surface area contributed by atoms with E-state index in [9.17, 15) is 8.42 Å². The zero-order chi connectivity index (χ0) is 20.6. The first-order valence-electron chi connectivity index (χ1n) is 9.07. The molecule has 0 saturated carbocycles. The van der Waals surface area contributed by atoms with Gasteiger partial charge in [-0.3, -0.25) is 0 Å². The Kier molecular flexibility index (Phi) is 7.69. The van der Waals surface area contributed by atoms with Crippen LogP contribution in [0.5, 0.6) is 17.2 Å². The fourth-order valence-electron chi connectivity index (χ4n) is 2.35. The molecule has 2 aromatic rings. The van der Waals surface area contributed by atoms with Crippen molar-refractivity contribution in [1.29, 1.82) is 0 Å². The van der Waals surface area contributed by atoms with Crippen LogP contribution in [0.15, 0.2) is 52.5 Å². The lowest BCUT2D eigenvalue weighted by atomic mass is 10.2. The lowest BCUT2D eigenvalue weighted by Crippen LogP contribution is -2.18. The van der Waals surface area contributed by atoms with Crippen LogP contribution in [0.2, 0.25) is 0 Å². The number of sulfonamides is 1. The first-order chi connectivity index (χ1) is 13.4. The molecule has 0 aliphatic rings. The van der Waals surface area contributed by atoms with Crippen molar-refractivity contribution in [2.45, 2.75) is 38.7 Å². The molecule has 0 saturated heterocycles. The van der Waals surface area contributed by atoms with Gasteiger partial charge in [0.05, 0.1) is 30.4 Å². The smallest absolute Gasteiger partial charge is 0.276 e. The Morgan fingerprint density at radius 1 is 1.00 bits per heavy atom. The van der Waals surface area contributed by atoms with Gasteiger partial charge in [-0.15, -0.1) is 0 Å². The van der Waals surface area contributed by atoms with Gasteiger partial charge in [0.2, 0.25) is 0 Å². The summed E-state index contributed by atoms with van der Waals surface area (Å²) < 4.78 is 41.3. The van der Waals surface area contributed by atoms with E-state index in [-0.39, 0.29) is 11.0 Å². The summed E-state index contributed by atoms with van der Waals surface area (Å²) in [5, 5.41) is 3.86. The molecule has 0 unspecified atom stereocenters. The molecule has 0 aromatic heterocycles. The van der Waals surface area contributed by atoms with Crippen molar-refractivity contribution >= 4 is 16.2 Å². The van der Waals surface area contributed by atoms with Gasteiger partial charge in [-0.05, 0) is 64.1 Å². The molecule has 0 heterocycles. The molecule has 0 aliphatic carbocycles. The predicted octanol–water partition coefficient (Wildman–Crippen LogP) is 3.58. The monoisotopic (exact) mass is 406 g/mol. The number of hydrogen-bond donors (Lipinski definition) is 1. The summed E-state index contributed by atoms with van der Waals surface area (Å²) >= 11 is 0. The van der Waals surface area contributed by atoms with Gasteiger partial charge in [0, 0.05) is 11.6 Å². The van der Waals surface area contributed by atoms with Gasteiger partial charge in [0.25, 0.3) is 10.0 Å². The van der Waals surface area contributed by atoms with E-state index in [0.717, 1.165) is 0 Å². The van der Waals surface area contributed by atoms with Crippen LogP contribution in [-0.2, 0) is 10.0 Å². The van der Waals surface area contributed by atoms with Gasteiger partial charge in [-0.1, -0.05) is 0 Å². The average molecular weight is 407 g/mol. The number of benzene rings is 2. The molecule has 2 aromatic carbocycles. The molecule has 7 nitrogen and oxygen atoms in total. The van der Waals surface area contributed by atoms with Gasteiger partial charge in [-0.25, -0.2) is 4.83 Å². The van der Waals surface area contributed by atoms with Crippen molar-refractivity contribution in [1.82, 2.24) is 4.83 Å². The third-order valence-corrected chi connectivity index (χ3v) is 4.72. The first-order valence-corrected chi connectivity index (χ1v) is 10.5. The summed E-state index contributed by atoms with van der Waals surface area (Å²) in [5.74, 6) is 1.84. The second-order valence-corrected chi connectivity index (χ2v) is 7.72. The maximum atomic E-state index is 12.4. The van der Waals surface area contributed by atoms with E-state index < -0.39 is 10.0 Å². The van der Waals surface area contributed by atoms with Crippen LogP contribution in [0.25, 0.3) is 0 Å². The number of rotatable bonds is 10. The highest BCUT2D eigenvalue weighted by atomic mass is 32.2. The highest BCUT2D eigenvalue weighted by Gasteiger charge is 2.13. The van der Waals surface area contributed by atoms with E-state index in [1.54, 1.807) is 30.3 Å². The number of nitrogens with zero attached hydrogens (tertiary/aromatic N) is 1. The van der Waals surface area contributed by atoms with Crippen molar-refractivity contribution in [2.75, 3.05) is 13.2 Å². The largest absolute Gasteiger partial charge is 0.494 e. The molecule has 2 rings (SSSR count). The standard InChI is InChI=1S/C20H26N2O5S/c1-5-25-18-8-7-16(20(13-18)26-6-2)14-21-22-28(23,24)19-11-9-17(10-12-19)27-15(3)4/h7-15,22H,5-6H2,1-4H3/b21-14+. The zero-order valence-corrected chi connectivity index (χ0v) is 17.3. The van der Waals surface area contributed by atoms with Crippen LogP contribution < -0.4 is 19.0 Å². The normalized spacial score (nSPS) is 11.6. The van der Waals surface area contributed by atoms with Gasteiger partial charge in [0.1, 0.15) is 17.2 Å². The van der Waals surface area contributed by atoms with Gasteiger partial charge in [-0.2, -0.15) is 13.5 Å².